The molecule has 1 atom stereocenters. The van der Waals surface area contributed by atoms with Gasteiger partial charge >= 0.3 is 0 Å². The lowest BCUT2D eigenvalue weighted by Gasteiger charge is -2.16. The Morgan fingerprint density at radius 2 is 2.15 bits per heavy atom. The van der Waals surface area contributed by atoms with Crippen LogP contribution < -0.4 is 5.32 Å². The molecule has 0 spiro atoms. The second kappa shape index (κ2) is 4.97. The summed E-state index contributed by atoms with van der Waals surface area (Å²) in [5.41, 5.74) is 0.474. The minimum absolute atomic E-state index is 0.352. The molecule has 1 aliphatic rings. The summed E-state index contributed by atoms with van der Waals surface area (Å²) in [5.74, 6) is 0.782. The first-order valence-electron chi connectivity index (χ1n) is 5.54. The summed E-state index contributed by atoms with van der Waals surface area (Å²) in [6.45, 7) is 7.10. The maximum atomic E-state index is 8.87. The molecule has 1 rings (SSSR count). The highest BCUT2D eigenvalue weighted by atomic mass is 16.3. The monoisotopic (exact) mass is 185 g/mol. The van der Waals surface area contributed by atoms with E-state index < -0.39 is 0 Å². The van der Waals surface area contributed by atoms with Crippen molar-refractivity contribution in [2.75, 3.05) is 19.7 Å². The van der Waals surface area contributed by atoms with Gasteiger partial charge in [-0.1, -0.05) is 20.3 Å². The molecular weight excluding hydrogens is 162 g/mol. The van der Waals surface area contributed by atoms with Crippen LogP contribution in [0.3, 0.4) is 0 Å². The molecular formula is C11H23NO. The quantitative estimate of drug-likeness (QED) is 0.634. The summed E-state index contributed by atoms with van der Waals surface area (Å²) < 4.78 is 0. The smallest absolute Gasteiger partial charge is 0.0436 e. The maximum Gasteiger partial charge on any atom is 0.0436 e. The molecule has 2 N–H and O–H groups in total. The van der Waals surface area contributed by atoms with E-state index in [1.807, 2.05) is 0 Å². The lowest BCUT2D eigenvalue weighted by Crippen LogP contribution is -2.28. The Morgan fingerprint density at radius 1 is 1.46 bits per heavy atom. The third-order valence-corrected chi connectivity index (χ3v) is 3.29. The van der Waals surface area contributed by atoms with Gasteiger partial charge in [0.1, 0.15) is 0 Å². The van der Waals surface area contributed by atoms with Crippen LogP contribution in [-0.2, 0) is 0 Å². The molecule has 78 valence electrons. The first-order chi connectivity index (χ1) is 6.22. The third kappa shape index (κ3) is 3.65. The van der Waals surface area contributed by atoms with E-state index in [-0.39, 0.29) is 0 Å². The number of rotatable bonds is 7. The van der Waals surface area contributed by atoms with Crippen molar-refractivity contribution in [3.63, 3.8) is 0 Å². The summed E-state index contributed by atoms with van der Waals surface area (Å²) in [6, 6.07) is 0. The molecule has 1 saturated carbocycles. The fourth-order valence-electron chi connectivity index (χ4n) is 1.66. The Morgan fingerprint density at radius 3 is 2.62 bits per heavy atom. The molecule has 0 aromatic heterocycles. The average Bonchev–Trinajstić information content (AvgIpc) is 2.86. The number of hydrogen-bond donors (Lipinski definition) is 2. The summed E-state index contributed by atoms with van der Waals surface area (Å²) in [4.78, 5) is 0. The van der Waals surface area contributed by atoms with Crippen molar-refractivity contribution in [3.8, 4) is 0 Å². The molecule has 0 aromatic rings. The molecule has 1 fully saturated rings. The fourth-order valence-corrected chi connectivity index (χ4v) is 1.66. The van der Waals surface area contributed by atoms with Crippen LogP contribution in [0, 0.1) is 11.3 Å². The predicted molar refractivity (Wildman–Crippen MR) is 55.7 cm³/mol. The zero-order chi connectivity index (χ0) is 9.73. The van der Waals surface area contributed by atoms with E-state index in [9.17, 15) is 0 Å². The van der Waals surface area contributed by atoms with Gasteiger partial charge in [-0.05, 0) is 37.1 Å². The van der Waals surface area contributed by atoms with E-state index in [1.165, 1.54) is 19.3 Å². The third-order valence-electron chi connectivity index (χ3n) is 3.29. The van der Waals surface area contributed by atoms with Crippen molar-refractivity contribution in [2.45, 2.75) is 39.5 Å². The van der Waals surface area contributed by atoms with Gasteiger partial charge in [-0.15, -0.1) is 0 Å². The summed E-state index contributed by atoms with van der Waals surface area (Å²) in [7, 11) is 0. The van der Waals surface area contributed by atoms with Gasteiger partial charge in [-0.2, -0.15) is 0 Å². The number of hydrogen-bond acceptors (Lipinski definition) is 2. The molecule has 0 bridgehead atoms. The first kappa shape index (κ1) is 11.0. The van der Waals surface area contributed by atoms with Crippen LogP contribution in [0.5, 0.6) is 0 Å². The van der Waals surface area contributed by atoms with Crippen molar-refractivity contribution in [2.24, 2.45) is 11.3 Å². The zero-order valence-electron chi connectivity index (χ0n) is 8.97. The lowest BCUT2D eigenvalue weighted by atomic mass is 10.0. The number of aliphatic hydroxyl groups is 1. The van der Waals surface area contributed by atoms with Gasteiger partial charge in [0, 0.05) is 13.2 Å². The van der Waals surface area contributed by atoms with E-state index >= 15 is 0 Å². The Hall–Kier alpha value is -0.0800. The lowest BCUT2D eigenvalue weighted by molar-refractivity contribution is 0.244. The molecule has 0 saturated heterocycles. The molecule has 2 nitrogen and oxygen atoms in total. The predicted octanol–water partition coefficient (Wildman–Crippen LogP) is 1.78. The Balaban J connectivity index is 2.05. The highest BCUT2D eigenvalue weighted by molar-refractivity contribution is 4.94. The van der Waals surface area contributed by atoms with Crippen LogP contribution in [0.25, 0.3) is 0 Å². The Kier molecular flexibility index (Phi) is 4.20. The first-order valence-corrected chi connectivity index (χ1v) is 5.54. The van der Waals surface area contributed by atoms with Crippen LogP contribution in [0.15, 0.2) is 0 Å². The van der Waals surface area contributed by atoms with Crippen molar-refractivity contribution < 1.29 is 5.11 Å². The van der Waals surface area contributed by atoms with Gasteiger partial charge < -0.3 is 10.4 Å². The van der Waals surface area contributed by atoms with Gasteiger partial charge in [0.2, 0.25) is 0 Å². The summed E-state index contributed by atoms with van der Waals surface area (Å²) in [6.07, 6.45) is 4.85. The normalized spacial score (nSPS) is 21.5. The largest absolute Gasteiger partial charge is 0.396 e. The molecule has 0 aromatic carbocycles. The standard InChI is InChI=1S/C11H23NO/c1-3-10(2)8-12-9-11(4-5-11)6-7-13/h10,12-13H,3-9H2,1-2H3. The topological polar surface area (TPSA) is 32.3 Å². The van der Waals surface area contributed by atoms with Crippen LogP contribution in [0.2, 0.25) is 0 Å². The van der Waals surface area contributed by atoms with Crippen molar-refractivity contribution >= 4 is 0 Å². The fraction of sp³-hybridized carbons (Fsp3) is 1.00. The van der Waals surface area contributed by atoms with E-state index in [0.29, 0.717) is 12.0 Å². The molecule has 2 heteroatoms. The van der Waals surface area contributed by atoms with Crippen LogP contribution in [0.4, 0.5) is 0 Å². The Bertz CT molecular complexity index is 143. The zero-order valence-corrected chi connectivity index (χ0v) is 8.97. The minimum atomic E-state index is 0.352. The highest BCUT2D eigenvalue weighted by Crippen LogP contribution is 2.47. The van der Waals surface area contributed by atoms with E-state index in [0.717, 1.165) is 25.4 Å². The van der Waals surface area contributed by atoms with Gasteiger partial charge in [0.05, 0.1) is 0 Å². The maximum absolute atomic E-state index is 8.87. The van der Waals surface area contributed by atoms with E-state index in [4.69, 9.17) is 5.11 Å². The van der Waals surface area contributed by atoms with Crippen molar-refractivity contribution in [3.05, 3.63) is 0 Å². The van der Waals surface area contributed by atoms with Crippen LogP contribution >= 0.6 is 0 Å². The van der Waals surface area contributed by atoms with Gasteiger partial charge in [0.25, 0.3) is 0 Å². The molecule has 1 aliphatic carbocycles. The van der Waals surface area contributed by atoms with Crippen molar-refractivity contribution in [1.29, 1.82) is 0 Å². The van der Waals surface area contributed by atoms with Crippen LogP contribution in [-0.4, -0.2) is 24.8 Å². The van der Waals surface area contributed by atoms with Gasteiger partial charge in [0.15, 0.2) is 0 Å². The SMILES string of the molecule is CCC(C)CNCC1(CCO)CC1. The molecule has 0 heterocycles. The number of nitrogens with one attached hydrogen (secondary N) is 1. The van der Waals surface area contributed by atoms with Gasteiger partial charge in [-0.25, -0.2) is 0 Å². The molecule has 1 unspecified atom stereocenters. The Labute approximate surface area is 81.7 Å². The molecule has 0 amide bonds. The van der Waals surface area contributed by atoms with Crippen LogP contribution in [0.1, 0.15) is 39.5 Å². The van der Waals surface area contributed by atoms with E-state index in [1.54, 1.807) is 0 Å². The second-order valence-electron chi connectivity index (χ2n) is 4.62. The summed E-state index contributed by atoms with van der Waals surface area (Å²) >= 11 is 0. The van der Waals surface area contributed by atoms with Gasteiger partial charge in [-0.3, -0.25) is 0 Å². The van der Waals surface area contributed by atoms with Crippen molar-refractivity contribution in [1.82, 2.24) is 5.32 Å². The van der Waals surface area contributed by atoms with E-state index in [2.05, 4.69) is 19.2 Å². The average molecular weight is 185 g/mol. The highest BCUT2D eigenvalue weighted by Gasteiger charge is 2.41. The molecule has 0 radical (unpaired) electrons. The minimum Gasteiger partial charge on any atom is -0.396 e. The molecule has 13 heavy (non-hydrogen) atoms. The second-order valence-corrected chi connectivity index (χ2v) is 4.62. The number of aliphatic hydroxyl groups excluding tert-OH is 1. The molecule has 0 aliphatic heterocycles. The summed E-state index contributed by atoms with van der Waals surface area (Å²) in [5, 5.41) is 12.4.